The van der Waals surface area contributed by atoms with Gasteiger partial charge in [-0.1, -0.05) is 0 Å². The first kappa shape index (κ1) is 21.0. The van der Waals surface area contributed by atoms with E-state index in [-0.39, 0.29) is 0 Å². The molecule has 4 aromatic carbocycles. The van der Waals surface area contributed by atoms with Crippen molar-refractivity contribution >= 4 is 55.0 Å². The molecule has 0 amide bonds. The predicted molar refractivity (Wildman–Crippen MR) is 130 cm³/mol. The van der Waals surface area contributed by atoms with Crippen LogP contribution in [0.3, 0.4) is 0 Å². The molecule has 0 aliphatic heterocycles. The summed E-state index contributed by atoms with van der Waals surface area (Å²) in [4.78, 5) is 0. The second-order valence-corrected chi connectivity index (χ2v) is 14.8. The summed E-state index contributed by atoms with van der Waals surface area (Å²) < 4.78 is 30.1. The molecular weight excluding hydrogens is 473 g/mol. The summed E-state index contributed by atoms with van der Waals surface area (Å²) in [6, 6.07) is 37.4. The predicted octanol–water partition coefficient (Wildman–Crippen LogP) is 4.27. The van der Waals surface area contributed by atoms with E-state index >= 15 is 0 Å². The molecule has 0 saturated carbocycles. The Balaban J connectivity index is 2.02. The molecule has 0 aliphatic rings. The van der Waals surface area contributed by atoms with Gasteiger partial charge in [-0.15, -0.1) is 0 Å². The van der Waals surface area contributed by atoms with Crippen molar-refractivity contribution < 1.29 is 9.13 Å². The number of benzene rings is 4. The molecule has 0 spiro atoms. The fourth-order valence-corrected chi connectivity index (χ4v) is 13.0. The molecule has 0 N–H and O–H groups in total. The van der Waals surface area contributed by atoms with E-state index in [9.17, 15) is 9.13 Å². The van der Waals surface area contributed by atoms with Crippen LogP contribution in [-0.4, -0.2) is 19.5 Å². The summed E-state index contributed by atoms with van der Waals surface area (Å²) in [5, 5.41) is 2.66. The molecule has 0 fully saturated rings. The van der Waals surface area contributed by atoms with E-state index in [0.717, 1.165) is 0 Å². The molecule has 0 aliphatic carbocycles. The molecular formula is C25H20O2P2Se. The first-order valence-electron chi connectivity index (χ1n) is 9.55. The van der Waals surface area contributed by atoms with Crippen molar-refractivity contribution in [1.82, 2.24) is 0 Å². The molecule has 0 radical (unpaired) electrons. The van der Waals surface area contributed by atoms with Gasteiger partial charge in [0.2, 0.25) is 0 Å². The molecule has 0 unspecified atom stereocenters. The molecule has 0 atom stereocenters. The van der Waals surface area contributed by atoms with E-state index in [1.165, 1.54) is 0 Å². The van der Waals surface area contributed by atoms with Crippen LogP contribution >= 0.6 is 14.3 Å². The van der Waals surface area contributed by atoms with Crippen LogP contribution in [0, 0.1) is 0 Å². The average Bonchev–Trinajstić information content (AvgIpc) is 2.84. The Morgan fingerprint density at radius 3 is 0.833 bits per heavy atom. The van der Waals surface area contributed by atoms with Gasteiger partial charge in [0.25, 0.3) is 0 Å². The van der Waals surface area contributed by atoms with Gasteiger partial charge in [-0.2, -0.15) is 0 Å². The average molecular weight is 493 g/mol. The Kier molecular flexibility index (Phi) is 6.19. The Labute approximate surface area is 185 Å². The summed E-state index contributed by atoms with van der Waals surface area (Å²) in [6.07, 6.45) is 0. The van der Waals surface area contributed by atoms with Gasteiger partial charge in [0.15, 0.2) is 0 Å². The molecule has 0 heterocycles. The van der Waals surface area contributed by atoms with Crippen LogP contribution in [0.4, 0.5) is 0 Å². The van der Waals surface area contributed by atoms with Gasteiger partial charge >= 0.3 is 185 Å². The van der Waals surface area contributed by atoms with Crippen molar-refractivity contribution in [3.05, 3.63) is 121 Å². The van der Waals surface area contributed by atoms with Crippen molar-refractivity contribution in [3.63, 3.8) is 0 Å². The molecule has 0 saturated heterocycles. The zero-order chi connectivity index (χ0) is 21.0. The second kappa shape index (κ2) is 8.84. The van der Waals surface area contributed by atoms with E-state index in [1.807, 2.05) is 121 Å². The zero-order valence-electron chi connectivity index (χ0n) is 16.2. The third-order valence-electron chi connectivity index (χ3n) is 5.02. The first-order chi connectivity index (χ1) is 14.6. The fraction of sp³-hybridized carbons (Fsp3) is 0. The second-order valence-electron chi connectivity index (χ2n) is 6.84. The van der Waals surface area contributed by atoms with Gasteiger partial charge < -0.3 is 0 Å². The molecule has 4 aromatic rings. The van der Waals surface area contributed by atoms with E-state index in [2.05, 4.69) is 15.6 Å². The maximum atomic E-state index is 14.9. The van der Waals surface area contributed by atoms with Crippen molar-refractivity contribution in [2.45, 2.75) is 0 Å². The number of hydrogen-bond acceptors (Lipinski definition) is 2. The van der Waals surface area contributed by atoms with Crippen molar-refractivity contribution in [3.8, 4) is 0 Å². The van der Waals surface area contributed by atoms with Gasteiger partial charge in [0.05, 0.1) is 0 Å². The molecule has 0 aromatic heterocycles. The van der Waals surface area contributed by atoms with Gasteiger partial charge in [0.1, 0.15) is 0 Å². The minimum atomic E-state index is -3.37. The first-order valence-corrected chi connectivity index (χ1v) is 13.8. The normalized spacial score (nSPS) is 11.7. The number of rotatable bonds is 6. The van der Waals surface area contributed by atoms with E-state index in [1.54, 1.807) is 0 Å². The molecule has 30 heavy (non-hydrogen) atoms. The summed E-state index contributed by atoms with van der Waals surface area (Å²) in [7, 11) is -6.74. The molecule has 5 heteroatoms. The van der Waals surface area contributed by atoms with Crippen LogP contribution in [0.15, 0.2) is 121 Å². The van der Waals surface area contributed by atoms with Crippen LogP contribution in [0.2, 0.25) is 0 Å². The summed E-state index contributed by atoms with van der Waals surface area (Å²) >= 11 is 3.04. The van der Waals surface area contributed by atoms with Gasteiger partial charge in [-0.25, -0.2) is 0 Å². The standard InChI is InChI=1S/C25H20O2P2Se/c26-28(21-13-5-1-6-14-21,22-15-7-2-8-16-22)25(30)29(27,23-17-9-3-10-18-23)24-19-11-4-12-20-24/h1-20H. The van der Waals surface area contributed by atoms with E-state index < -0.39 is 14.3 Å². The van der Waals surface area contributed by atoms with Crippen LogP contribution in [-0.2, 0) is 9.13 Å². The van der Waals surface area contributed by atoms with Gasteiger partial charge in [-0.05, 0) is 0 Å². The summed E-state index contributed by atoms with van der Waals surface area (Å²) in [5.41, 5.74) is 0. The molecule has 148 valence electrons. The van der Waals surface area contributed by atoms with Crippen LogP contribution in [0.25, 0.3) is 0 Å². The van der Waals surface area contributed by atoms with E-state index in [4.69, 9.17) is 0 Å². The molecule has 0 bridgehead atoms. The summed E-state index contributed by atoms with van der Waals surface area (Å²) in [5.74, 6) is 0. The third-order valence-corrected chi connectivity index (χ3v) is 15.1. The Hall–Kier alpha value is -2.27. The van der Waals surface area contributed by atoms with Gasteiger partial charge in [-0.3, -0.25) is 0 Å². The van der Waals surface area contributed by atoms with Crippen LogP contribution in [0.5, 0.6) is 0 Å². The SMILES string of the molecule is O=P(C(=[Se])P(=O)(c1ccccc1)c1ccccc1)(c1ccccc1)c1ccccc1. The maximum absolute atomic E-state index is 14.9. The Morgan fingerprint density at radius 1 is 0.433 bits per heavy atom. The van der Waals surface area contributed by atoms with Crippen molar-refractivity contribution in [2.24, 2.45) is 0 Å². The monoisotopic (exact) mass is 494 g/mol. The Morgan fingerprint density at radius 2 is 0.633 bits per heavy atom. The summed E-state index contributed by atoms with van der Waals surface area (Å²) in [6.45, 7) is 0. The molecule has 4 rings (SSSR count). The van der Waals surface area contributed by atoms with Gasteiger partial charge in [0, 0.05) is 0 Å². The van der Waals surface area contributed by atoms with E-state index in [0.29, 0.717) is 25.1 Å². The topological polar surface area (TPSA) is 34.1 Å². The Bertz CT molecular complexity index is 1060. The fourth-order valence-electron chi connectivity index (χ4n) is 3.49. The zero-order valence-corrected chi connectivity index (χ0v) is 19.7. The molecule has 2 nitrogen and oxygen atoms in total. The number of hydrogen-bond donors (Lipinski definition) is 0. The van der Waals surface area contributed by atoms with Crippen molar-refractivity contribution in [2.75, 3.05) is 0 Å². The van der Waals surface area contributed by atoms with Crippen LogP contribution < -0.4 is 21.2 Å². The van der Waals surface area contributed by atoms with Crippen molar-refractivity contribution in [1.29, 1.82) is 0 Å². The minimum absolute atomic E-state index is 0.393. The quantitative estimate of drug-likeness (QED) is 0.297. The third kappa shape index (κ3) is 3.64. The van der Waals surface area contributed by atoms with Crippen LogP contribution in [0.1, 0.15) is 0 Å².